The van der Waals surface area contributed by atoms with Crippen LogP contribution in [0.25, 0.3) is 11.4 Å². The maximum absolute atomic E-state index is 13.7. The molecule has 3 heterocycles. The number of aryl methyl sites for hydroxylation is 1. The van der Waals surface area contributed by atoms with Crippen molar-refractivity contribution in [2.24, 2.45) is 5.73 Å². The van der Waals surface area contributed by atoms with Crippen molar-refractivity contribution in [1.82, 2.24) is 23.6 Å². The molecule has 0 bridgehead atoms. The first-order chi connectivity index (χ1) is 18.0. The summed E-state index contributed by atoms with van der Waals surface area (Å²) in [7, 11) is -1.86. The number of aromatic nitrogens is 4. The molecular weight excluding hydrogens is 506 g/mol. The van der Waals surface area contributed by atoms with Crippen molar-refractivity contribution in [1.29, 1.82) is 0 Å². The van der Waals surface area contributed by atoms with Gasteiger partial charge in [-0.3, -0.25) is 9.59 Å². The number of hydrogen-bond donors (Lipinski definition) is 1. The summed E-state index contributed by atoms with van der Waals surface area (Å²) in [5.41, 5.74) is 9.74. The molecule has 4 aromatic rings. The second-order valence-electron chi connectivity index (χ2n) is 9.24. The minimum Gasteiger partial charge on any atom is -0.364 e. The SMILES string of the molecule is Cc1ccc(-n2nc(C(N)=O)c3c2C(=O)N(c2ccc(-n4ccnc4CN(C)S(C)(=O)=O)cc2)CC3)cc1. The van der Waals surface area contributed by atoms with Crippen LogP contribution >= 0.6 is 0 Å². The molecule has 5 rings (SSSR count). The van der Waals surface area contributed by atoms with Gasteiger partial charge in [-0.15, -0.1) is 0 Å². The van der Waals surface area contributed by atoms with Gasteiger partial charge in [-0.2, -0.15) is 9.40 Å². The van der Waals surface area contributed by atoms with Crippen LogP contribution in [0, 0.1) is 6.92 Å². The number of carbonyl (C=O) groups excluding carboxylic acids is 2. The lowest BCUT2D eigenvalue weighted by molar-refractivity contribution is 0.0972. The molecule has 0 radical (unpaired) electrons. The van der Waals surface area contributed by atoms with Gasteiger partial charge in [-0.25, -0.2) is 18.1 Å². The van der Waals surface area contributed by atoms with Gasteiger partial charge >= 0.3 is 0 Å². The van der Waals surface area contributed by atoms with Crippen molar-refractivity contribution >= 4 is 27.5 Å². The van der Waals surface area contributed by atoms with Gasteiger partial charge in [0.1, 0.15) is 11.5 Å². The number of carbonyl (C=O) groups is 2. The summed E-state index contributed by atoms with van der Waals surface area (Å²) >= 11 is 0. The molecule has 0 saturated carbocycles. The number of nitrogens with two attached hydrogens (primary N) is 1. The summed E-state index contributed by atoms with van der Waals surface area (Å²) in [5.74, 6) is -0.390. The number of primary amides is 1. The Hall–Kier alpha value is -4.29. The number of anilines is 1. The summed E-state index contributed by atoms with van der Waals surface area (Å²) in [4.78, 5) is 31.8. The molecule has 0 unspecified atom stereocenters. The van der Waals surface area contributed by atoms with E-state index in [1.807, 2.05) is 55.5 Å². The Morgan fingerprint density at radius 3 is 2.32 bits per heavy atom. The number of amides is 2. The molecule has 38 heavy (non-hydrogen) atoms. The van der Waals surface area contributed by atoms with Crippen LogP contribution in [0.5, 0.6) is 0 Å². The zero-order chi connectivity index (χ0) is 27.2. The van der Waals surface area contributed by atoms with E-state index in [0.717, 1.165) is 17.5 Å². The van der Waals surface area contributed by atoms with Crippen molar-refractivity contribution < 1.29 is 18.0 Å². The number of imidazole rings is 1. The van der Waals surface area contributed by atoms with Crippen molar-refractivity contribution in [3.8, 4) is 11.4 Å². The third kappa shape index (κ3) is 4.59. The lowest BCUT2D eigenvalue weighted by atomic mass is 10.0. The molecule has 196 valence electrons. The van der Waals surface area contributed by atoms with E-state index in [1.54, 1.807) is 21.9 Å². The summed E-state index contributed by atoms with van der Waals surface area (Å²) in [6.45, 7) is 2.44. The highest BCUT2D eigenvalue weighted by Crippen LogP contribution is 2.29. The summed E-state index contributed by atoms with van der Waals surface area (Å²) < 4.78 is 28.2. The Morgan fingerprint density at radius 2 is 1.68 bits per heavy atom. The van der Waals surface area contributed by atoms with E-state index in [4.69, 9.17) is 5.73 Å². The van der Waals surface area contributed by atoms with Crippen molar-refractivity contribution in [2.45, 2.75) is 19.9 Å². The maximum Gasteiger partial charge on any atom is 0.277 e. The molecule has 0 saturated heterocycles. The average Bonchev–Trinajstić information content (AvgIpc) is 3.50. The standard InChI is InChI=1S/C26H27N7O4S/c1-17-4-6-20(7-5-17)33-24-21(23(29-33)25(27)34)12-14-32(26(24)35)19-10-8-18(9-11-19)31-15-13-28-22(31)16-30(2)38(3,36)37/h4-11,13,15H,12,14,16H2,1-3H3,(H2,27,34). The minimum absolute atomic E-state index is 0.107. The van der Waals surface area contributed by atoms with Gasteiger partial charge in [-0.1, -0.05) is 17.7 Å². The maximum atomic E-state index is 13.7. The van der Waals surface area contributed by atoms with E-state index in [0.29, 0.717) is 41.4 Å². The number of nitrogens with zero attached hydrogens (tertiary/aromatic N) is 6. The average molecular weight is 534 g/mol. The van der Waals surface area contributed by atoms with Crippen LogP contribution in [0.1, 0.15) is 37.9 Å². The zero-order valence-electron chi connectivity index (χ0n) is 21.2. The fourth-order valence-electron chi connectivity index (χ4n) is 4.47. The quantitative estimate of drug-likeness (QED) is 0.386. The molecular formula is C26H27N7O4S. The molecule has 1 aliphatic rings. The first-order valence-electron chi connectivity index (χ1n) is 11.9. The van der Waals surface area contributed by atoms with E-state index in [9.17, 15) is 18.0 Å². The molecule has 2 aromatic heterocycles. The monoisotopic (exact) mass is 533 g/mol. The molecule has 2 aromatic carbocycles. The largest absolute Gasteiger partial charge is 0.364 e. The molecule has 0 spiro atoms. The van der Waals surface area contributed by atoms with E-state index in [-0.39, 0.29) is 18.1 Å². The van der Waals surface area contributed by atoms with Gasteiger partial charge in [0.2, 0.25) is 10.0 Å². The first-order valence-corrected chi connectivity index (χ1v) is 13.7. The molecule has 12 heteroatoms. The third-order valence-corrected chi connectivity index (χ3v) is 7.88. The van der Waals surface area contributed by atoms with Crippen LogP contribution in [0.2, 0.25) is 0 Å². The van der Waals surface area contributed by atoms with Crippen LogP contribution in [-0.4, -0.2) is 63.7 Å². The van der Waals surface area contributed by atoms with Gasteiger partial charge in [0.05, 0.1) is 18.5 Å². The molecule has 2 amide bonds. The Bertz CT molecular complexity index is 1640. The van der Waals surface area contributed by atoms with Crippen molar-refractivity contribution in [3.05, 3.63) is 89.3 Å². The van der Waals surface area contributed by atoms with Gasteiger partial charge < -0.3 is 15.2 Å². The summed E-state index contributed by atoms with van der Waals surface area (Å²) in [6.07, 6.45) is 4.94. The highest BCUT2D eigenvalue weighted by atomic mass is 32.2. The minimum atomic E-state index is -3.36. The third-order valence-electron chi connectivity index (χ3n) is 6.62. The molecule has 1 aliphatic heterocycles. The Balaban J connectivity index is 1.46. The second-order valence-corrected chi connectivity index (χ2v) is 11.3. The second kappa shape index (κ2) is 9.54. The van der Waals surface area contributed by atoms with E-state index in [1.165, 1.54) is 16.0 Å². The predicted octanol–water partition coefficient (Wildman–Crippen LogP) is 2.06. The highest BCUT2D eigenvalue weighted by molar-refractivity contribution is 7.88. The van der Waals surface area contributed by atoms with Crippen molar-refractivity contribution in [3.63, 3.8) is 0 Å². The number of rotatable bonds is 7. The summed E-state index contributed by atoms with van der Waals surface area (Å²) in [6, 6.07) is 14.8. The number of benzene rings is 2. The van der Waals surface area contributed by atoms with Crippen LogP contribution in [0.4, 0.5) is 5.69 Å². The molecule has 11 nitrogen and oxygen atoms in total. The Kier molecular flexibility index (Phi) is 6.37. The Labute approximate surface area is 220 Å². The number of fused-ring (bicyclic) bond motifs is 1. The predicted molar refractivity (Wildman–Crippen MR) is 142 cm³/mol. The lowest BCUT2D eigenvalue weighted by Crippen LogP contribution is -2.39. The lowest BCUT2D eigenvalue weighted by Gasteiger charge is -2.28. The van der Waals surface area contributed by atoms with Crippen LogP contribution in [0.3, 0.4) is 0 Å². The fraction of sp³-hybridized carbons (Fsp3) is 0.231. The van der Waals surface area contributed by atoms with Gasteiger partial charge in [0, 0.05) is 42.9 Å². The smallest absolute Gasteiger partial charge is 0.277 e. The summed E-state index contributed by atoms with van der Waals surface area (Å²) in [5, 5.41) is 4.41. The molecule has 2 N–H and O–H groups in total. The van der Waals surface area contributed by atoms with Crippen LogP contribution in [0.15, 0.2) is 60.9 Å². The van der Waals surface area contributed by atoms with Gasteiger partial charge in [0.25, 0.3) is 11.8 Å². The zero-order valence-corrected chi connectivity index (χ0v) is 22.0. The number of sulfonamides is 1. The van der Waals surface area contributed by atoms with E-state index < -0.39 is 15.9 Å². The van der Waals surface area contributed by atoms with E-state index in [2.05, 4.69) is 10.1 Å². The normalized spacial score (nSPS) is 13.7. The number of hydrogen-bond acceptors (Lipinski definition) is 6. The van der Waals surface area contributed by atoms with Crippen LogP contribution in [-0.2, 0) is 23.0 Å². The molecule has 0 atom stereocenters. The van der Waals surface area contributed by atoms with E-state index >= 15 is 0 Å². The van der Waals surface area contributed by atoms with Gasteiger partial charge in [-0.05, 0) is 49.7 Å². The molecule has 0 fully saturated rings. The van der Waals surface area contributed by atoms with Gasteiger partial charge in [0.15, 0.2) is 5.69 Å². The van der Waals surface area contributed by atoms with Crippen molar-refractivity contribution in [2.75, 3.05) is 24.7 Å². The molecule has 0 aliphatic carbocycles. The van der Waals surface area contributed by atoms with Crippen LogP contribution < -0.4 is 10.6 Å². The first kappa shape index (κ1) is 25.4. The Morgan fingerprint density at radius 1 is 1.05 bits per heavy atom. The fourth-order valence-corrected chi connectivity index (χ4v) is 4.82. The highest BCUT2D eigenvalue weighted by Gasteiger charge is 2.34. The topological polar surface area (TPSA) is 136 Å².